The van der Waals surface area contributed by atoms with Gasteiger partial charge in [-0.2, -0.15) is 13.5 Å². The normalized spacial score (nSPS) is 13.4. The highest BCUT2D eigenvalue weighted by atomic mass is 79.9. The molecule has 3 rings (SSSR count). The number of rotatable bonds is 12. The number of aliphatic hydroxyl groups is 1. The van der Waals surface area contributed by atoms with Crippen molar-refractivity contribution in [3.05, 3.63) is 69.8 Å². The molecule has 2 aromatic heterocycles. The maximum absolute atomic E-state index is 13.2. The van der Waals surface area contributed by atoms with E-state index >= 15 is 0 Å². The van der Waals surface area contributed by atoms with Crippen LogP contribution in [-0.4, -0.2) is 58.3 Å². The zero-order chi connectivity index (χ0) is 25.6. The minimum Gasteiger partial charge on any atom is -0.391 e. The van der Waals surface area contributed by atoms with E-state index in [1.54, 1.807) is 17.7 Å². The summed E-state index contributed by atoms with van der Waals surface area (Å²) in [5.41, 5.74) is 2.28. The van der Waals surface area contributed by atoms with Crippen molar-refractivity contribution in [1.82, 2.24) is 19.7 Å². The van der Waals surface area contributed by atoms with Crippen LogP contribution in [0.2, 0.25) is 0 Å². The fourth-order valence-electron chi connectivity index (χ4n) is 3.42. The topological polar surface area (TPSA) is 162 Å². The number of nitrogens with zero attached hydrogens (tertiary/aromatic N) is 4. The van der Waals surface area contributed by atoms with Gasteiger partial charge in [0, 0.05) is 28.8 Å². The van der Waals surface area contributed by atoms with Crippen LogP contribution in [0.3, 0.4) is 0 Å². The molecule has 0 bridgehead atoms. The Morgan fingerprint density at radius 1 is 1.34 bits per heavy atom. The third-order valence-corrected chi connectivity index (χ3v) is 6.34. The Morgan fingerprint density at radius 2 is 2.11 bits per heavy atom. The minimum absolute atomic E-state index is 0.000131. The van der Waals surface area contributed by atoms with Crippen LogP contribution in [0.5, 0.6) is 0 Å². The zero-order valence-electron chi connectivity index (χ0n) is 19.3. The van der Waals surface area contributed by atoms with E-state index in [0.29, 0.717) is 13.0 Å². The average molecular weight is 567 g/mol. The van der Waals surface area contributed by atoms with Crippen LogP contribution >= 0.6 is 15.9 Å². The van der Waals surface area contributed by atoms with Crippen LogP contribution in [0.25, 0.3) is 0 Å². The molecular formula is C22H27BrN6O5S. The van der Waals surface area contributed by atoms with E-state index in [-0.39, 0.29) is 36.0 Å². The lowest BCUT2D eigenvalue weighted by Crippen LogP contribution is -2.33. The standard InChI is InChI=1S/C22H27BrN6O5S/c1-3-16(12-34-35(24,32)33)20(30)10-26-22-18(9-25-13-27-22)21(31)19-7-14(2)29(28-19)11-15-5-4-6-17(23)8-15/h4-9,13,16,20,30H,3,10-12H2,1-2H3,(H2,24,32,33)(H,25,26,27)/t16-,20+/m1/s1. The molecule has 0 aliphatic rings. The molecule has 0 aliphatic carbocycles. The Hall–Kier alpha value is -2.71. The molecule has 3 aromatic rings. The number of benzene rings is 1. The molecule has 0 saturated heterocycles. The Kier molecular flexibility index (Phi) is 9.08. The summed E-state index contributed by atoms with van der Waals surface area (Å²) in [6.45, 7) is 3.89. The predicted molar refractivity (Wildman–Crippen MR) is 133 cm³/mol. The van der Waals surface area contributed by atoms with Gasteiger partial charge in [0.2, 0.25) is 5.78 Å². The second kappa shape index (κ2) is 11.8. The van der Waals surface area contributed by atoms with Gasteiger partial charge in [-0.15, -0.1) is 0 Å². The highest BCUT2D eigenvalue weighted by Crippen LogP contribution is 2.19. The Labute approximate surface area is 212 Å². The lowest BCUT2D eigenvalue weighted by Gasteiger charge is -2.21. The average Bonchev–Trinajstić information content (AvgIpc) is 3.17. The molecule has 0 unspecified atom stereocenters. The molecule has 0 aliphatic heterocycles. The summed E-state index contributed by atoms with van der Waals surface area (Å²) in [6, 6.07) is 9.53. The van der Waals surface area contributed by atoms with Gasteiger partial charge >= 0.3 is 10.3 Å². The maximum atomic E-state index is 13.2. The lowest BCUT2D eigenvalue weighted by molar-refractivity contribution is 0.0839. The number of aromatic nitrogens is 4. The third-order valence-electron chi connectivity index (χ3n) is 5.39. The summed E-state index contributed by atoms with van der Waals surface area (Å²) in [7, 11) is -4.11. The number of ketones is 1. The van der Waals surface area contributed by atoms with E-state index in [2.05, 4.69) is 40.5 Å². The van der Waals surface area contributed by atoms with Crippen molar-refractivity contribution in [3.63, 3.8) is 0 Å². The molecule has 0 saturated carbocycles. The molecule has 35 heavy (non-hydrogen) atoms. The molecule has 188 valence electrons. The van der Waals surface area contributed by atoms with E-state index in [0.717, 1.165) is 15.7 Å². The van der Waals surface area contributed by atoms with E-state index in [9.17, 15) is 18.3 Å². The monoisotopic (exact) mass is 566 g/mol. The number of aryl methyl sites for hydroxylation is 1. The lowest BCUT2D eigenvalue weighted by atomic mass is 10.0. The summed E-state index contributed by atoms with van der Waals surface area (Å²) < 4.78 is 29.4. The summed E-state index contributed by atoms with van der Waals surface area (Å²) in [6.07, 6.45) is 2.13. The summed E-state index contributed by atoms with van der Waals surface area (Å²) in [5, 5.41) is 22.8. The van der Waals surface area contributed by atoms with Crippen LogP contribution in [0.15, 0.2) is 47.3 Å². The smallest absolute Gasteiger partial charge is 0.333 e. The number of hydrogen-bond acceptors (Lipinski definition) is 9. The summed E-state index contributed by atoms with van der Waals surface area (Å²) in [4.78, 5) is 21.3. The van der Waals surface area contributed by atoms with Crippen molar-refractivity contribution in [2.75, 3.05) is 18.5 Å². The Balaban J connectivity index is 1.72. The number of carbonyl (C=O) groups excluding carboxylic acids is 1. The van der Waals surface area contributed by atoms with E-state index < -0.39 is 22.3 Å². The van der Waals surface area contributed by atoms with Gasteiger partial charge in [-0.1, -0.05) is 35.0 Å². The van der Waals surface area contributed by atoms with Gasteiger partial charge in [0.1, 0.15) is 17.8 Å². The Bertz CT molecular complexity index is 1280. The van der Waals surface area contributed by atoms with Gasteiger partial charge in [0.05, 0.1) is 24.8 Å². The van der Waals surface area contributed by atoms with Crippen molar-refractivity contribution in [1.29, 1.82) is 0 Å². The largest absolute Gasteiger partial charge is 0.391 e. The van der Waals surface area contributed by atoms with E-state index in [1.165, 1.54) is 12.5 Å². The number of nitrogens with two attached hydrogens (primary N) is 1. The van der Waals surface area contributed by atoms with Crippen LogP contribution in [0, 0.1) is 12.8 Å². The number of hydrogen-bond donors (Lipinski definition) is 3. The van der Waals surface area contributed by atoms with Gasteiger partial charge in [0.15, 0.2) is 0 Å². The third kappa shape index (κ3) is 7.64. The molecule has 0 fully saturated rings. The van der Waals surface area contributed by atoms with Gasteiger partial charge in [-0.05, 0) is 37.1 Å². The van der Waals surface area contributed by atoms with Crippen molar-refractivity contribution in [3.8, 4) is 0 Å². The summed E-state index contributed by atoms with van der Waals surface area (Å²) >= 11 is 3.45. The van der Waals surface area contributed by atoms with E-state index in [1.807, 2.05) is 31.2 Å². The number of nitrogens with one attached hydrogen (secondary N) is 1. The molecule has 2 heterocycles. The second-order valence-corrected chi connectivity index (χ2v) is 10.1. The van der Waals surface area contributed by atoms with Gasteiger partial charge in [-0.3, -0.25) is 13.7 Å². The van der Waals surface area contributed by atoms with Crippen molar-refractivity contribution < 1.29 is 22.5 Å². The molecule has 0 amide bonds. The molecule has 0 radical (unpaired) electrons. The number of carbonyl (C=O) groups is 1. The molecule has 0 spiro atoms. The number of halogens is 1. The fourth-order valence-corrected chi connectivity index (χ4v) is 4.23. The zero-order valence-corrected chi connectivity index (χ0v) is 21.7. The first kappa shape index (κ1) is 26.9. The van der Waals surface area contributed by atoms with Crippen LogP contribution in [0.4, 0.5) is 5.82 Å². The molecular weight excluding hydrogens is 540 g/mol. The highest BCUT2D eigenvalue weighted by molar-refractivity contribution is 9.10. The quantitative estimate of drug-likeness (QED) is 0.278. The predicted octanol–water partition coefficient (Wildman–Crippen LogP) is 2.04. The SMILES string of the molecule is CC[C@H](COS(N)(=O)=O)[C@@H](O)CNc1ncncc1C(=O)c1cc(C)n(Cc2cccc(Br)c2)n1. The Morgan fingerprint density at radius 3 is 2.80 bits per heavy atom. The number of anilines is 1. The van der Waals surface area contributed by atoms with Crippen LogP contribution < -0.4 is 10.5 Å². The first-order valence-electron chi connectivity index (χ1n) is 10.8. The second-order valence-electron chi connectivity index (χ2n) is 7.97. The fraction of sp³-hybridized carbons (Fsp3) is 0.364. The molecule has 2 atom stereocenters. The first-order valence-corrected chi connectivity index (χ1v) is 13.1. The van der Waals surface area contributed by atoms with Crippen LogP contribution in [0.1, 0.15) is 40.7 Å². The maximum Gasteiger partial charge on any atom is 0.333 e. The van der Waals surface area contributed by atoms with Crippen molar-refractivity contribution in [2.24, 2.45) is 11.1 Å². The molecule has 11 nitrogen and oxygen atoms in total. The molecule has 4 N–H and O–H groups in total. The molecule has 13 heteroatoms. The highest BCUT2D eigenvalue weighted by Gasteiger charge is 2.23. The summed E-state index contributed by atoms with van der Waals surface area (Å²) in [5.74, 6) is -0.646. The van der Waals surface area contributed by atoms with Crippen molar-refractivity contribution in [2.45, 2.75) is 32.9 Å². The molecule has 1 aromatic carbocycles. The van der Waals surface area contributed by atoms with Gasteiger partial charge < -0.3 is 10.4 Å². The van der Waals surface area contributed by atoms with E-state index in [4.69, 9.17) is 5.14 Å². The van der Waals surface area contributed by atoms with Gasteiger partial charge in [0.25, 0.3) is 0 Å². The number of aliphatic hydroxyl groups excluding tert-OH is 1. The minimum atomic E-state index is -4.11. The van der Waals surface area contributed by atoms with Crippen molar-refractivity contribution >= 4 is 37.8 Å². The van der Waals surface area contributed by atoms with Gasteiger partial charge in [-0.25, -0.2) is 15.1 Å². The van der Waals surface area contributed by atoms with Crippen LogP contribution in [-0.2, 0) is 21.0 Å². The first-order chi connectivity index (χ1) is 16.6.